The van der Waals surface area contributed by atoms with Crippen LogP contribution in [0.15, 0.2) is 18.2 Å². The van der Waals surface area contributed by atoms with E-state index in [-0.39, 0.29) is 12.1 Å². The van der Waals surface area contributed by atoms with Gasteiger partial charge < -0.3 is 14.5 Å². The van der Waals surface area contributed by atoms with E-state index in [9.17, 15) is 4.79 Å². The van der Waals surface area contributed by atoms with Gasteiger partial charge in [-0.25, -0.2) is 4.79 Å². The summed E-state index contributed by atoms with van der Waals surface area (Å²) >= 11 is 11.9. The smallest absolute Gasteiger partial charge is 0.320 e. The molecule has 26 heavy (non-hydrogen) atoms. The molecule has 2 aliphatic heterocycles. The number of hydrogen-bond donors (Lipinski definition) is 0. The highest BCUT2D eigenvalue weighted by Gasteiger charge is 2.36. The Labute approximate surface area is 164 Å². The molecule has 1 aromatic carbocycles. The molecule has 3 aliphatic rings. The third-order valence-electron chi connectivity index (χ3n) is 5.70. The van der Waals surface area contributed by atoms with Crippen LogP contribution in [0, 0.1) is 0 Å². The third-order valence-corrected chi connectivity index (χ3v) is 6.44. The van der Waals surface area contributed by atoms with Gasteiger partial charge in [-0.2, -0.15) is 0 Å². The molecule has 0 bridgehead atoms. The van der Waals surface area contributed by atoms with Crippen LogP contribution in [0.4, 0.5) is 4.79 Å². The first-order valence-corrected chi connectivity index (χ1v) is 10.3. The normalized spacial score (nSPS) is 22.5. The van der Waals surface area contributed by atoms with Gasteiger partial charge in [0.25, 0.3) is 0 Å². The Bertz CT molecular complexity index is 662. The molecule has 0 spiro atoms. The summed E-state index contributed by atoms with van der Waals surface area (Å²) in [5.41, 5.74) is 0. The second kappa shape index (κ2) is 7.83. The van der Waals surface area contributed by atoms with Gasteiger partial charge in [0, 0.05) is 38.3 Å². The second-order valence-corrected chi connectivity index (χ2v) is 8.28. The van der Waals surface area contributed by atoms with Crippen molar-refractivity contribution in [2.45, 2.75) is 37.8 Å². The minimum absolute atomic E-state index is 0.0228. The minimum Gasteiger partial charge on any atom is -0.487 e. The van der Waals surface area contributed by atoms with Crippen molar-refractivity contribution in [2.24, 2.45) is 0 Å². The lowest BCUT2D eigenvalue weighted by atomic mass is 9.91. The summed E-state index contributed by atoms with van der Waals surface area (Å²) in [6.45, 7) is 5.08. The van der Waals surface area contributed by atoms with E-state index in [4.69, 9.17) is 27.9 Å². The third kappa shape index (κ3) is 3.90. The van der Waals surface area contributed by atoms with Crippen LogP contribution in [-0.4, -0.2) is 72.1 Å². The molecular formula is C19H25Cl2N3O2. The molecule has 2 heterocycles. The van der Waals surface area contributed by atoms with Crippen LogP contribution >= 0.6 is 23.2 Å². The van der Waals surface area contributed by atoms with Gasteiger partial charge in [0.15, 0.2) is 0 Å². The van der Waals surface area contributed by atoms with Crippen LogP contribution in [0.5, 0.6) is 5.75 Å². The lowest BCUT2D eigenvalue weighted by molar-refractivity contribution is 0.0308. The Balaban J connectivity index is 1.24. The van der Waals surface area contributed by atoms with Crippen LogP contribution in [-0.2, 0) is 0 Å². The van der Waals surface area contributed by atoms with E-state index in [0.717, 1.165) is 38.6 Å². The molecule has 0 unspecified atom stereocenters. The average Bonchev–Trinajstić information content (AvgIpc) is 2.78. The Morgan fingerprint density at radius 1 is 0.962 bits per heavy atom. The molecule has 7 heteroatoms. The fourth-order valence-electron chi connectivity index (χ4n) is 3.86. The molecule has 0 atom stereocenters. The Kier molecular flexibility index (Phi) is 5.48. The average molecular weight is 398 g/mol. The molecule has 2 saturated heterocycles. The fraction of sp³-hybridized carbons (Fsp3) is 0.632. The van der Waals surface area contributed by atoms with Gasteiger partial charge in [-0.15, -0.1) is 0 Å². The monoisotopic (exact) mass is 397 g/mol. The first-order chi connectivity index (χ1) is 12.6. The van der Waals surface area contributed by atoms with Gasteiger partial charge in [-0.1, -0.05) is 29.6 Å². The highest BCUT2D eigenvalue weighted by Crippen LogP contribution is 2.29. The number of ether oxygens (including phenoxy) is 1. The van der Waals surface area contributed by atoms with E-state index < -0.39 is 0 Å². The highest BCUT2D eigenvalue weighted by atomic mass is 35.5. The summed E-state index contributed by atoms with van der Waals surface area (Å²) in [5, 5.41) is 0.999. The van der Waals surface area contributed by atoms with E-state index >= 15 is 0 Å². The SMILES string of the molecule is O=C(N1CCCN(C2CCC2)CC1)N1CC(Oc2ccc(Cl)c(Cl)c2)C1. The van der Waals surface area contributed by atoms with E-state index in [1.54, 1.807) is 12.1 Å². The molecule has 1 saturated carbocycles. The highest BCUT2D eigenvalue weighted by molar-refractivity contribution is 6.42. The summed E-state index contributed by atoms with van der Waals surface area (Å²) in [4.78, 5) is 19.2. The number of nitrogens with zero attached hydrogens (tertiary/aromatic N) is 3. The first kappa shape index (κ1) is 18.2. The minimum atomic E-state index is 0.0228. The van der Waals surface area contributed by atoms with Crippen molar-refractivity contribution in [2.75, 3.05) is 39.3 Å². The van der Waals surface area contributed by atoms with Gasteiger partial charge in [0.1, 0.15) is 11.9 Å². The molecule has 1 aliphatic carbocycles. The topological polar surface area (TPSA) is 36.0 Å². The van der Waals surface area contributed by atoms with Crippen molar-refractivity contribution in [1.82, 2.24) is 14.7 Å². The summed E-state index contributed by atoms with van der Waals surface area (Å²) in [5.74, 6) is 0.697. The Morgan fingerprint density at radius 3 is 2.46 bits per heavy atom. The van der Waals surface area contributed by atoms with E-state index in [1.807, 2.05) is 15.9 Å². The molecule has 1 aromatic rings. The predicted octanol–water partition coefficient (Wildman–Crippen LogP) is 3.74. The molecule has 0 radical (unpaired) electrons. The fourth-order valence-corrected chi connectivity index (χ4v) is 4.15. The van der Waals surface area contributed by atoms with Crippen LogP contribution < -0.4 is 4.74 Å². The lowest BCUT2D eigenvalue weighted by Crippen LogP contribution is -2.60. The number of hydrogen-bond acceptors (Lipinski definition) is 3. The zero-order valence-corrected chi connectivity index (χ0v) is 16.4. The first-order valence-electron chi connectivity index (χ1n) is 9.50. The number of benzene rings is 1. The summed E-state index contributed by atoms with van der Waals surface area (Å²) in [7, 11) is 0. The number of likely N-dealkylation sites (tertiary alicyclic amines) is 1. The zero-order chi connectivity index (χ0) is 18.1. The van der Waals surface area contributed by atoms with Crippen LogP contribution in [0.3, 0.4) is 0 Å². The molecular weight excluding hydrogens is 373 g/mol. The van der Waals surface area contributed by atoms with Gasteiger partial charge in [-0.3, -0.25) is 4.90 Å². The number of amides is 2. The van der Waals surface area contributed by atoms with Crippen molar-refractivity contribution < 1.29 is 9.53 Å². The van der Waals surface area contributed by atoms with Gasteiger partial charge in [0.05, 0.1) is 23.1 Å². The van der Waals surface area contributed by atoms with Gasteiger partial charge >= 0.3 is 6.03 Å². The van der Waals surface area contributed by atoms with Crippen molar-refractivity contribution >= 4 is 29.2 Å². The molecule has 0 N–H and O–H groups in total. The number of halogens is 2. The lowest BCUT2D eigenvalue weighted by Gasteiger charge is -2.41. The maximum absolute atomic E-state index is 12.7. The molecule has 4 rings (SSSR count). The van der Waals surface area contributed by atoms with Gasteiger partial charge in [0.2, 0.25) is 0 Å². The second-order valence-electron chi connectivity index (χ2n) is 7.46. The van der Waals surface area contributed by atoms with Crippen LogP contribution in [0.1, 0.15) is 25.7 Å². The zero-order valence-electron chi connectivity index (χ0n) is 14.9. The van der Waals surface area contributed by atoms with Crippen LogP contribution in [0.2, 0.25) is 10.0 Å². The summed E-state index contributed by atoms with van der Waals surface area (Å²) in [6, 6.07) is 6.17. The van der Waals surface area contributed by atoms with Crippen LogP contribution in [0.25, 0.3) is 0 Å². The molecule has 0 aromatic heterocycles. The van der Waals surface area contributed by atoms with E-state index in [2.05, 4.69) is 4.90 Å². The Morgan fingerprint density at radius 2 is 1.77 bits per heavy atom. The van der Waals surface area contributed by atoms with Crippen molar-refractivity contribution in [3.05, 3.63) is 28.2 Å². The number of carbonyl (C=O) groups is 1. The van der Waals surface area contributed by atoms with Gasteiger partial charge in [-0.05, 0) is 31.4 Å². The van der Waals surface area contributed by atoms with Crippen molar-refractivity contribution in [3.8, 4) is 5.75 Å². The standard InChI is InChI=1S/C19H25Cl2N3O2/c20-17-6-5-15(11-18(17)21)26-16-12-24(13-16)19(25)23-8-2-7-22(9-10-23)14-3-1-4-14/h5-6,11,14,16H,1-4,7-10,12-13H2. The number of rotatable bonds is 3. The predicted molar refractivity (Wildman–Crippen MR) is 103 cm³/mol. The van der Waals surface area contributed by atoms with Crippen molar-refractivity contribution in [1.29, 1.82) is 0 Å². The summed E-state index contributed by atoms with van der Waals surface area (Å²) < 4.78 is 5.89. The molecule has 142 valence electrons. The van der Waals surface area contributed by atoms with Crippen molar-refractivity contribution in [3.63, 3.8) is 0 Å². The molecule has 3 fully saturated rings. The largest absolute Gasteiger partial charge is 0.487 e. The van der Waals surface area contributed by atoms with E-state index in [1.165, 1.54) is 19.3 Å². The molecule has 2 amide bonds. The maximum Gasteiger partial charge on any atom is 0.320 e. The molecule has 5 nitrogen and oxygen atoms in total. The summed E-state index contributed by atoms with van der Waals surface area (Å²) in [6.07, 6.45) is 5.10. The number of urea groups is 1. The maximum atomic E-state index is 12.7. The Hall–Kier alpha value is -1.17. The van der Waals surface area contributed by atoms with E-state index in [0.29, 0.717) is 28.9 Å². The quantitative estimate of drug-likeness (QED) is 0.779. The number of carbonyl (C=O) groups excluding carboxylic acids is 1.